The molecule has 0 saturated heterocycles. The molecule has 2 aliphatic heterocycles. The Labute approximate surface area is 374 Å². The Morgan fingerprint density at radius 1 is 1.24 bits per heavy atom. The molecule has 0 bridgehead atoms. The number of halogens is 3. The molecule has 2 unspecified atom stereocenters. The molecule has 5 N–H and O–H groups in total. The van der Waals surface area contributed by atoms with Gasteiger partial charge in [-0.2, -0.15) is 27.3 Å². The van der Waals surface area contributed by atoms with Crippen molar-refractivity contribution >= 4 is 86.8 Å². The van der Waals surface area contributed by atoms with Crippen LogP contribution in [0.5, 0.6) is 17.5 Å². The van der Waals surface area contributed by atoms with E-state index in [2.05, 4.69) is 48.9 Å². The van der Waals surface area contributed by atoms with Gasteiger partial charge in [0.05, 0.1) is 48.3 Å². The second-order valence-corrected chi connectivity index (χ2v) is 20.4. The van der Waals surface area contributed by atoms with Crippen LogP contribution >= 0.6 is 42.1 Å². The quantitative estimate of drug-likeness (QED) is 0.105. The number of hydrogen-bond donors (Lipinski definition) is 4. The molecule has 1 amide bonds. The molecule has 0 radical (unpaired) electrons. The van der Waals surface area contributed by atoms with Crippen LogP contribution in [0.3, 0.4) is 0 Å². The Bertz CT molecular complexity index is 2840. The molecule has 338 valence electrons. The molecule has 2 aromatic carbocycles. The van der Waals surface area contributed by atoms with Gasteiger partial charge in [-0.05, 0) is 36.5 Å². The highest BCUT2D eigenvalue weighted by atomic mass is 35.5. The van der Waals surface area contributed by atoms with Crippen molar-refractivity contribution in [3.05, 3.63) is 62.4 Å². The highest BCUT2D eigenvalue weighted by molar-refractivity contribution is 7.92. The molecule has 0 spiro atoms. The minimum Gasteiger partial charge on any atom is -0.481 e. The van der Waals surface area contributed by atoms with Crippen LogP contribution in [-0.2, 0) is 37.1 Å². The molecule has 3 aromatic heterocycles. The van der Waals surface area contributed by atoms with Gasteiger partial charge in [-0.25, -0.2) is 9.38 Å². The number of amides is 1. The summed E-state index contributed by atoms with van der Waals surface area (Å²) in [5.74, 6) is 2.17. The summed E-state index contributed by atoms with van der Waals surface area (Å²) < 4.78 is 75.9. The van der Waals surface area contributed by atoms with Crippen molar-refractivity contribution in [1.29, 1.82) is 0 Å². The van der Waals surface area contributed by atoms with Crippen LogP contribution in [0.25, 0.3) is 5.78 Å². The third-order valence-corrected chi connectivity index (χ3v) is 12.8. The van der Waals surface area contributed by atoms with E-state index in [1.165, 1.54) is 61.6 Å². The second kappa shape index (κ2) is 19.6. The highest BCUT2D eigenvalue weighted by Crippen LogP contribution is 2.38. The summed E-state index contributed by atoms with van der Waals surface area (Å²) in [5, 5.41) is 12.0. The maximum absolute atomic E-state index is 14.5. The van der Waals surface area contributed by atoms with E-state index in [9.17, 15) is 27.0 Å². The number of nitrogens with zero attached hydrogens (tertiary/aromatic N) is 8. The predicted molar refractivity (Wildman–Crippen MR) is 233 cm³/mol. The highest BCUT2D eigenvalue weighted by Gasteiger charge is 2.32. The van der Waals surface area contributed by atoms with Gasteiger partial charge in [0, 0.05) is 43.4 Å². The number of carboxylic acid groups (broad SMARTS) is 1. The first-order chi connectivity index (χ1) is 29.5. The smallest absolute Gasteiger partial charge is 0.320 e. The average molecular weight is 972 g/mol. The van der Waals surface area contributed by atoms with E-state index in [-0.39, 0.29) is 76.0 Å². The van der Waals surface area contributed by atoms with Crippen molar-refractivity contribution < 1.29 is 51.2 Å². The fourth-order valence-electron chi connectivity index (χ4n) is 5.85. The number of methoxy groups -OCH3 is 2. The van der Waals surface area contributed by atoms with Gasteiger partial charge in [0.2, 0.25) is 16.6 Å². The third kappa shape index (κ3) is 11.8. The summed E-state index contributed by atoms with van der Waals surface area (Å²) in [6.45, 7) is 7.96. The van der Waals surface area contributed by atoms with E-state index in [4.69, 9.17) is 59.6 Å². The van der Waals surface area contributed by atoms with Crippen molar-refractivity contribution in [2.24, 2.45) is 16.1 Å². The summed E-state index contributed by atoms with van der Waals surface area (Å²) >= 11 is 13.4. The molecular formula is C37H42Cl2FN10O10PS2. The Morgan fingerprint density at radius 3 is 2.59 bits per heavy atom. The van der Waals surface area contributed by atoms with Crippen LogP contribution in [0.15, 0.2) is 40.5 Å². The molecule has 5 heterocycles. The van der Waals surface area contributed by atoms with Crippen molar-refractivity contribution in [2.45, 2.75) is 51.4 Å². The number of carbonyl (C=O) groups is 2. The van der Waals surface area contributed by atoms with E-state index in [0.717, 1.165) is 23.3 Å². The largest absolute Gasteiger partial charge is 0.481 e. The van der Waals surface area contributed by atoms with Crippen LogP contribution < -0.4 is 34.4 Å². The fraction of sp³-hybridized carbons (Fsp3) is 0.378. The molecule has 63 heavy (non-hydrogen) atoms. The SMILES string of the molecule is C#CCN1C(=O)COc2cc(F)c(N=c3snc4n3CC(C)(C)C4)cc21.COc1cc(OC)n2nc(S(=O)(=O)Nc3c(Cl)ccc(C)c3Cl)nc2n1.CP(=O)(O)CCC(N)C(=O)O. The maximum Gasteiger partial charge on any atom is 0.320 e. The molecule has 2 aliphatic rings. The van der Waals surface area contributed by atoms with E-state index in [1.807, 2.05) is 4.57 Å². The monoisotopic (exact) mass is 970 g/mol. The maximum atomic E-state index is 14.5. The first-order valence-corrected chi connectivity index (χ1v) is 23.7. The van der Waals surface area contributed by atoms with Gasteiger partial charge in [0.15, 0.2) is 19.8 Å². The molecular weight excluding hydrogens is 929 g/mol. The van der Waals surface area contributed by atoms with Crippen molar-refractivity contribution in [3.8, 4) is 29.9 Å². The van der Waals surface area contributed by atoms with Crippen LogP contribution in [0.1, 0.15) is 31.7 Å². The van der Waals surface area contributed by atoms with Gasteiger partial charge >= 0.3 is 5.97 Å². The standard InChI is InChI=1S/C18H17FN4O2S.C14H13Cl2N5O4S.C5H12NO4P/c1-4-5-22-13-7-12(11(19)6-14(13)25-9-16(22)24)20-17-23-10-18(2,3)8-15(23)21-26-17;1-7-4-5-8(15)12(11(7)16)20-26(22,23)14-18-13-17-9(24-2)6-10(25-3)21(13)19-14;1-11(9,10)3-2-4(6)5(7)8/h1,6-7H,5,8-10H2,2-3H3;4-6,20H,1-3H3;4H,2-3,6H2,1H3,(H,7,8)(H,9,10). The van der Waals surface area contributed by atoms with E-state index < -0.39 is 40.4 Å². The lowest BCUT2D eigenvalue weighted by molar-refractivity contribution is -0.138. The summed E-state index contributed by atoms with van der Waals surface area (Å²) in [4.78, 5) is 45.4. The number of carboxylic acids is 1. The van der Waals surface area contributed by atoms with E-state index in [1.54, 1.807) is 13.0 Å². The van der Waals surface area contributed by atoms with Gasteiger partial charge in [0.1, 0.15) is 23.3 Å². The number of sulfonamides is 1. The summed E-state index contributed by atoms with van der Waals surface area (Å²) in [5.41, 5.74) is 6.47. The number of nitrogens with two attached hydrogens (primary N) is 1. The molecule has 5 aromatic rings. The number of nitrogens with one attached hydrogen (secondary N) is 1. The average Bonchev–Trinajstić information content (AvgIpc) is 3.91. The molecule has 0 aliphatic carbocycles. The number of rotatable bonds is 11. The minimum atomic E-state index is -4.18. The third-order valence-electron chi connectivity index (χ3n) is 9.02. The van der Waals surface area contributed by atoms with Crippen molar-refractivity contribution in [3.63, 3.8) is 0 Å². The number of ether oxygens (including phenoxy) is 3. The Balaban J connectivity index is 0.000000194. The first kappa shape index (κ1) is 48.7. The molecule has 0 fully saturated rings. The molecule has 0 saturated carbocycles. The number of anilines is 2. The number of aromatic nitrogens is 6. The van der Waals surface area contributed by atoms with Crippen molar-refractivity contribution in [1.82, 2.24) is 28.5 Å². The number of hydrogen-bond acceptors (Lipinski definition) is 15. The number of terminal acetylenes is 1. The van der Waals surface area contributed by atoms with E-state index >= 15 is 0 Å². The number of fused-ring (bicyclic) bond motifs is 3. The van der Waals surface area contributed by atoms with Crippen LogP contribution in [-0.4, -0.2) is 105 Å². The number of aliphatic carboxylic acids is 1. The van der Waals surface area contributed by atoms with Gasteiger partial charge < -0.3 is 34.5 Å². The molecule has 2 atom stereocenters. The van der Waals surface area contributed by atoms with Crippen LogP contribution in [0.2, 0.25) is 10.0 Å². The summed E-state index contributed by atoms with van der Waals surface area (Å²) in [7, 11) is -4.47. The zero-order valence-electron chi connectivity index (χ0n) is 34.5. The molecule has 26 heteroatoms. The number of aryl methyl sites for hydroxylation is 1. The normalized spacial score (nSPS) is 15.6. The van der Waals surface area contributed by atoms with Gasteiger partial charge in [-0.3, -0.25) is 23.8 Å². The zero-order valence-corrected chi connectivity index (χ0v) is 38.5. The number of carbonyl (C=O) groups excluding carboxylic acids is 1. The minimum absolute atomic E-state index is 0.0111. The van der Waals surface area contributed by atoms with Crippen molar-refractivity contribution in [2.75, 3.05) is 49.8 Å². The fourth-order valence-corrected chi connectivity index (χ4v) is 8.90. The van der Waals surface area contributed by atoms with Gasteiger partial charge in [0.25, 0.3) is 26.9 Å². The topological polar surface area (TPSA) is 268 Å². The molecule has 20 nitrogen and oxygen atoms in total. The van der Waals surface area contributed by atoms with Crippen LogP contribution in [0.4, 0.5) is 21.5 Å². The Morgan fingerprint density at radius 2 is 1.95 bits per heavy atom. The Kier molecular flexibility index (Phi) is 15.1. The lowest BCUT2D eigenvalue weighted by Crippen LogP contribution is -2.39. The van der Waals surface area contributed by atoms with E-state index in [0.29, 0.717) is 21.8 Å². The summed E-state index contributed by atoms with van der Waals surface area (Å²) in [6.07, 6.45) is 6.22. The van der Waals surface area contributed by atoms with Gasteiger partial charge in [-0.15, -0.1) is 11.5 Å². The Hall–Kier alpha value is -5.34. The second-order valence-electron chi connectivity index (χ2n) is 14.8. The predicted octanol–water partition coefficient (Wildman–Crippen LogP) is 4.50. The first-order valence-electron chi connectivity index (χ1n) is 18.4. The summed E-state index contributed by atoms with van der Waals surface area (Å²) in [6, 6.07) is 6.38. The zero-order chi connectivity index (χ0) is 46.6. The lowest BCUT2D eigenvalue weighted by Gasteiger charge is -2.28. The van der Waals surface area contributed by atoms with Gasteiger partial charge in [-0.1, -0.05) is 49.0 Å². The number of benzene rings is 2. The lowest BCUT2D eigenvalue weighted by atomic mass is 9.92. The molecule has 7 rings (SSSR count). The van der Waals surface area contributed by atoms with Crippen LogP contribution in [0, 0.1) is 30.5 Å².